The van der Waals surface area contributed by atoms with E-state index in [1.54, 1.807) is 20.4 Å². The molecule has 22 heavy (non-hydrogen) atoms. The van der Waals surface area contributed by atoms with Crippen LogP contribution in [-0.2, 0) is 0 Å². The van der Waals surface area contributed by atoms with Gasteiger partial charge in [0.15, 0.2) is 0 Å². The predicted octanol–water partition coefficient (Wildman–Crippen LogP) is 4.41. The molecular weight excluding hydrogens is 300 g/mol. The van der Waals surface area contributed by atoms with Gasteiger partial charge < -0.3 is 14.5 Å². The first-order valence-electron chi connectivity index (χ1n) is 6.75. The molecule has 112 valence electrons. The van der Waals surface area contributed by atoms with Gasteiger partial charge in [-0.05, 0) is 24.3 Å². The molecule has 0 saturated heterocycles. The number of hydrogen-bond acceptors (Lipinski definition) is 3. The summed E-state index contributed by atoms with van der Waals surface area (Å²) >= 11 is 6.21. The zero-order valence-corrected chi connectivity index (χ0v) is 13.0. The summed E-state index contributed by atoms with van der Waals surface area (Å²) in [6, 6.07) is 13.2. The standard InChI is InChI=1S/C17H15ClN2O2/c1-21-11-7-8-13(16(9-11)22-2)15-10-19-17(20-15)12-5-3-4-6-14(12)18/h3-10H,1-2H3,(H,19,20). The van der Waals surface area contributed by atoms with Gasteiger partial charge in [0.2, 0.25) is 0 Å². The maximum absolute atomic E-state index is 6.21. The monoisotopic (exact) mass is 314 g/mol. The molecule has 3 aromatic rings. The van der Waals surface area contributed by atoms with Gasteiger partial charge in [0.1, 0.15) is 17.3 Å². The van der Waals surface area contributed by atoms with Gasteiger partial charge in [0.05, 0.1) is 31.1 Å². The number of H-pyrrole nitrogens is 1. The first-order valence-corrected chi connectivity index (χ1v) is 7.13. The Morgan fingerprint density at radius 3 is 2.55 bits per heavy atom. The fourth-order valence-electron chi connectivity index (χ4n) is 2.27. The van der Waals surface area contributed by atoms with Crippen molar-refractivity contribution in [2.75, 3.05) is 14.2 Å². The Bertz CT molecular complexity index is 799. The van der Waals surface area contributed by atoms with Crippen LogP contribution in [-0.4, -0.2) is 24.2 Å². The topological polar surface area (TPSA) is 47.1 Å². The summed E-state index contributed by atoms with van der Waals surface area (Å²) in [6.07, 6.45) is 1.77. The van der Waals surface area contributed by atoms with Crippen LogP contribution in [0, 0.1) is 0 Å². The largest absolute Gasteiger partial charge is 0.497 e. The Hall–Kier alpha value is -2.46. The number of ether oxygens (including phenoxy) is 2. The van der Waals surface area contributed by atoms with Crippen LogP contribution in [0.1, 0.15) is 0 Å². The number of halogens is 1. The molecule has 0 aliphatic heterocycles. The van der Waals surface area contributed by atoms with Crippen LogP contribution in [0.15, 0.2) is 48.7 Å². The highest BCUT2D eigenvalue weighted by Gasteiger charge is 2.12. The molecule has 5 heteroatoms. The third-order valence-corrected chi connectivity index (χ3v) is 3.73. The number of aromatic nitrogens is 2. The smallest absolute Gasteiger partial charge is 0.139 e. The van der Waals surface area contributed by atoms with E-state index in [1.807, 2.05) is 42.5 Å². The zero-order valence-electron chi connectivity index (χ0n) is 12.3. The summed E-state index contributed by atoms with van der Waals surface area (Å²) in [5, 5.41) is 0.657. The van der Waals surface area contributed by atoms with Crippen molar-refractivity contribution in [2.24, 2.45) is 0 Å². The number of imidazole rings is 1. The lowest BCUT2D eigenvalue weighted by Crippen LogP contribution is -1.90. The van der Waals surface area contributed by atoms with Crippen LogP contribution in [0.3, 0.4) is 0 Å². The highest BCUT2D eigenvalue weighted by molar-refractivity contribution is 6.33. The molecule has 0 fully saturated rings. The third kappa shape index (κ3) is 2.65. The summed E-state index contributed by atoms with van der Waals surface area (Å²) in [7, 11) is 3.25. The number of methoxy groups -OCH3 is 2. The Balaban J connectivity index is 2.03. The maximum Gasteiger partial charge on any atom is 0.139 e. The second kappa shape index (κ2) is 6.12. The van der Waals surface area contributed by atoms with Crippen LogP contribution in [0.25, 0.3) is 22.6 Å². The van der Waals surface area contributed by atoms with Crippen molar-refractivity contribution in [1.29, 1.82) is 0 Å². The first kappa shape index (κ1) is 14.5. The number of nitrogens with one attached hydrogen (secondary N) is 1. The number of nitrogens with zero attached hydrogens (tertiary/aromatic N) is 1. The fourth-order valence-corrected chi connectivity index (χ4v) is 2.49. The highest BCUT2D eigenvalue weighted by Crippen LogP contribution is 2.34. The molecule has 1 aromatic heterocycles. The summed E-state index contributed by atoms with van der Waals surface area (Å²) in [5.74, 6) is 2.18. The second-order valence-corrected chi connectivity index (χ2v) is 5.10. The zero-order chi connectivity index (χ0) is 15.5. The fraction of sp³-hybridized carbons (Fsp3) is 0.118. The Morgan fingerprint density at radius 2 is 1.82 bits per heavy atom. The average Bonchev–Trinajstić information content (AvgIpc) is 3.04. The SMILES string of the molecule is COc1ccc(-c2cnc(-c3ccccc3Cl)[nH]2)c(OC)c1. The minimum atomic E-state index is 0.657. The summed E-state index contributed by atoms with van der Waals surface area (Å²) < 4.78 is 10.6. The van der Waals surface area contributed by atoms with Crippen molar-refractivity contribution >= 4 is 11.6 Å². The predicted molar refractivity (Wildman–Crippen MR) is 87.6 cm³/mol. The Morgan fingerprint density at radius 1 is 1.00 bits per heavy atom. The molecule has 0 spiro atoms. The lowest BCUT2D eigenvalue weighted by molar-refractivity contribution is 0.395. The van der Waals surface area contributed by atoms with E-state index in [-0.39, 0.29) is 0 Å². The molecule has 3 rings (SSSR count). The normalized spacial score (nSPS) is 10.5. The highest BCUT2D eigenvalue weighted by atomic mass is 35.5. The van der Waals surface area contributed by atoms with E-state index in [2.05, 4.69) is 9.97 Å². The van der Waals surface area contributed by atoms with Gasteiger partial charge in [-0.1, -0.05) is 23.7 Å². The van der Waals surface area contributed by atoms with Gasteiger partial charge in [-0.25, -0.2) is 4.98 Å². The van der Waals surface area contributed by atoms with E-state index in [0.29, 0.717) is 10.8 Å². The molecule has 4 nitrogen and oxygen atoms in total. The van der Waals surface area contributed by atoms with Crippen molar-refractivity contribution in [3.8, 4) is 34.1 Å². The number of benzene rings is 2. The van der Waals surface area contributed by atoms with Crippen LogP contribution in [0.4, 0.5) is 0 Å². The van der Waals surface area contributed by atoms with E-state index in [4.69, 9.17) is 21.1 Å². The van der Waals surface area contributed by atoms with Crippen molar-refractivity contribution in [2.45, 2.75) is 0 Å². The number of hydrogen-bond donors (Lipinski definition) is 1. The van der Waals surface area contributed by atoms with Gasteiger partial charge in [0, 0.05) is 17.2 Å². The van der Waals surface area contributed by atoms with Crippen LogP contribution in [0.2, 0.25) is 5.02 Å². The van der Waals surface area contributed by atoms with Gasteiger partial charge in [0.25, 0.3) is 0 Å². The molecule has 0 radical (unpaired) electrons. The van der Waals surface area contributed by atoms with Gasteiger partial charge in [-0.3, -0.25) is 0 Å². The number of aromatic amines is 1. The summed E-state index contributed by atoms with van der Waals surface area (Å²) in [5.41, 5.74) is 2.63. The average molecular weight is 315 g/mol. The molecule has 0 aliphatic rings. The van der Waals surface area contributed by atoms with Crippen molar-refractivity contribution < 1.29 is 9.47 Å². The molecule has 0 aliphatic carbocycles. The maximum atomic E-state index is 6.21. The van der Waals surface area contributed by atoms with Crippen LogP contribution in [0.5, 0.6) is 11.5 Å². The Labute approximate surface area is 133 Å². The minimum absolute atomic E-state index is 0.657. The molecule has 0 bridgehead atoms. The molecule has 0 amide bonds. The van der Waals surface area contributed by atoms with Crippen molar-refractivity contribution in [1.82, 2.24) is 9.97 Å². The summed E-state index contributed by atoms with van der Waals surface area (Å²) in [4.78, 5) is 7.70. The molecule has 0 unspecified atom stereocenters. The molecule has 1 N–H and O–H groups in total. The minimum Gasteiger partial charge on any atom is -0.497 e. The van der Waals surface area contributed by atoms with Crippen LogP contribution >= 0.6 is 11.6 Å². The number of rotatable bonds is 4. The van der Waals surface area contributed by atoms with Gasteiger partial charge in [-0.2, -0.15) is 0 Å². The van der Waals surface area contributed by atoms with Crippen molar-refractivity contribution in [3.05, 3.63) is 53.7 Å². The van der Waals surface area contributed by atoms with E-state index in [0.717, 1.165) is 28.4 Å². The van der Waals surface area contributed by atoms with Crippen molar-refractivity contribution in [3.63, 3.8) is 0 Å². The second-order valence-electron chi connectivity index (χ2n) is 4.69. The molecule has 2 aromatic carbocycles. The first-order chi connectivity index (χ1) is 10.7. The molecule has 0 atom stereocenters. The lowest BCUT2D eigenvalue weighted by Gasteiger charge is -2.08. The van der Waals surface area contributed by atoms with Gasteiger partial charge in [-0.15, -0.1) is 0 Å². The lowest BCUT2D eigenvalue weighted by atomic mass is 10.1. The van der Waals surface area contributed by atoms with E-state index >= 15 is 0 Å². The summed E-state index contributed by atoms with van der Waals surface area (Å²) in [6.45, 7) is 0. The Kier molecular flexibility index (Phi) is 4.02. The molecule has 0 saturated carbocycles. The third-order valence-electron chi connectivity index (χ3n) is 3.40. The van der Waals surface area contributed by atoms with Crippen LogP contribution < -0.4 is 9.47 Å². The van der Waals surface area contributed by atoms with E-state index in [9.17, 15) is 0 Å². The van der Waals surface area contributed by atoms with Gasteiger partial charge >= 0.3 is 0 Å². The van der Waals surface area contributed by atoms with E-state index in [1.165, 1.54) is 0 Å². The molecule has 1 heterocycles. The van der Waals surface area contributed by atoms with E-state index < -0.39 is 0 Å². The quantitative estimate of drug-likeness (QED) is 0.775. The molecular formula is C17H15ClN2O2.